The number of hydrogen-bond acceptors (Lipinski definition) is 4. The standard InChI is InChI=1S/C14H15N3O4/c1-9(13(18)19)17-11(12(14(20)21)15-16-17)8-7-10-5-3-2-4-6-10/h2-6,9H,7-8H2,1H3,(H,18,19)(H,20,21). The van der Waals surface area contributed by atoms with Gasteiger partial charge in [0.1, 0.15) is 6.04 Å². The molecular weight excluding hydrogens is 274 g/mol. The van der Waals surface area contributed by atoms with Gasteiger partial charge in [-0.1, -0.05) is 35.5 Å². The minimum Gasteiger partial charge on any atom is -0.480 e. The van der Waals surface area contributed by atoms with E-state index in [0.29, 0.717) is 18.5 Å². The minimum atomic E-state index is -1.21. The van der Waals surface area contributed by atoms with Gasteiger partial charge in [-0.15, -0.1) is 5.10 Å². The fourth-order valence-corrected chi connectivity index (χ4v) is 2.04. The summed E-state index contributed by atoms with van der Waals surface area (Å²) in [5.74, 6) is -2.29. The van der Waals surface area contributed by atoms with Crippen LogP contribution in [0.4, 0.5) is 0 Å². The van der Waals surface area contributed by atoms with Crippen LogP contribution in [-0.4, -0.2) is 37.1 Å². The Morgan fingerprint density at radius 3 is 2.43 bits per heavy atom. The average molecular weight is 289 g/mol. The van der Waals surface area contributed by atoms with Crippen LogP contribution in [0.15, 0.2) is 30.3 Å². The summed E-state index contributed by atoms with van der Waals surface area (Å²) in [6, 6.07) is 8.57. The monoisotopic (exact) mass is 289 g/mol. The van der Waals surface area contributed by atoms with Gasteiger partial charge in [-0.05, 0) is 25.3 Å². The van der Waals surface area contributed by atoms with E-state index in [9.17, 15) is 9.59 Å². The molecule has 2 aromatic rings. The smallest absolute Gasteiger partial charge is 0.358 e. The number of aromatic carboxylic acids is 1. The molecule has 2 N–H and O–H groups in total. The van der Waals surface area contributed by atoms with Gasteiger partial charge in [-0.25, -0.2) is 14.3 Å². The molecule has 1 heterocycles. The second-order valence-corrected chi connectivity index (χ2v) is 4.63. The second kappa shape index (κ2) is 6.17. The molecule has 0 fully saturated rings. The van der Waals surface area contributed by atoms with Crippen molar-refractivity contribution < 1.29 is 19.8 Å². The summed E-state index contributed by atoms with van der Waals surface area (Å²) in [7, 11) is 0. The van der Waals surface area contributed by atoms with E-state index in [1.165, 1.54) is 6.92 Å². The molecule has 0 aliphatic carbocycles. The fourth-order valence-electron chi connectivity index (χ4n) is 2.04. The molecule has 7 heteroatoms. The zero-order chi connectivity index (χ0) is 15.4. The van der Waals surface area contributed by atoms with Gasteiger partial charge in [0.05, 0.1) is 5.69 Å². The number of carboxylic acid groups (broad SMARTS) is 2. The Morgan fingerprint density at radius 2 is 1.86 bits per heavy atom. The molecule has 0 radical (unpaired) electrons. The van der Waals surface area contributed by atoms with Gasteiger partial charge in [-0.2, -0.15) is 0 Å². The third-order valence-electron chi connectivity index (χ3n) is 3.21. The summed E-state index contributed by atoms with van der Waals surface area (Å²) in [4.78, 5) is 22.2. The first-order valence-corrected chi connectivity index (χ1v) is 6.44. The van der Waals surface area contributed by atoms with Crippen LogP contribution >= 0.6 is 0 Å². The number of carboxylic acids is 2. The molecule has 2 rings (SSSR count). The quantitative estimate of drug-likeness (QED) is 0.833. The van der Waals surface area contributed by atoms with Gasteiger partial charge in [0.2, 0.25) is 0 Å². The largest absolute Gasteiger partial charge is 0.480 e. The van der Waals surface area contributed by atoms with Crippen molar-refractivity contribution in [3.63, 3.8) is 0 Å². The second-order valence-electron chi connectivity index (χ2n) is 4.63. The van der Waals surface area contributed by atoms with E-state index in [4.69, 9.17) is 10.2 Å². The molecule has 0 aliphatic heterocycles. The summed E-state index contributed by atoms with van der Waals surface area (Å²) >= 11 is 0. The van der Waals surface area contributed by atoms with Crippen LogP contribution in [0.2, 0.25) is 0 Å². The summed E-state index contributed by atoms with van der Waals surface area (Å²) in [5.41, 5.74) is 1.16. The Balaban J connectivity index is 2.29. The molecule has 21 heavy (non-hydrogen) atoms. The van der Waals surface area contributed by atoms with Crippen molar-refractivity contribution in [3.8, 4) is 0 Å². The average Bonchev–Trinajstić information content (AvgIpc) is 2.89. The van der Waals surface area contributed by atoms with Crippen LogP contribution < -0.4 is 0 Å². The zero-order valence-electron chi connectivity index (χ0n) is 11.4. The summed E-state index contributed by atoms with van der Waals surface area (Å²) in [6.07, 6.45) is 0.942. The van der Waals surface area contributed by atoms with Gasteiger partial charge < -0.3 is 10.2 Å². The normalized spacial score (nSPS) is 12.0. The molecule has 1 unspecified atom stereocenters. The van der Waals surface area contributed by atoms with Crippen LogP contribution in [0.3, 0.4) is 0 Å². The molecule has 0 amide bonds. The zero-order valence-corrected chi connectivity index (χ0v) is 11.4. The Kier molecular flexibility index (Phi) is 4.32. The SMILES string of the molecule is CC(C(=O)O)n1nnc(C(=O)O)c1CCc1ccccc1. The van der Waals surface area contributed by atoms with Crippen LogP contribution in [0.5, 0.6) is 0 Å². The van der Waals surface area contributed by atoms with Crippen LogP contribution in [0.1, 0.15) is 34.7 Å². The molecule has 110 valence electrons. The maximum Gasteiger partial charge on any atom is 0.358 e. The van der Waals surface area contributed by atoms with Crippen LogP contribution in [0.25, 0.3) is 0 Å². The van der Waals surface area contributed by atoms with E-state index >= 15 is 0 Å². The highest BCUT2D eigenvalue weighted by atomic mass is 16.4. The summed E-state index contributed by atoms with van der Waals surface area (Å²) in [5, 5.41) is 25.4. The van der Waals surface area contributed by atoms with Crippen molar-refractivity contribution in [2.75, 3.05) is 0 Å². The first-order chi connectivity index (χ1) is 10.0. The van der Waals surface area contributed by atoms with E-state index in [0.717, 1.165) is 10.2 Å². The summed E-state index contributed by atoms with van der Waals surface area (Å²) in [6.45, 7) is 1.44. The lowest BCUT2D eigenvalue weighted by atomic mass is 10.1. The molecule has 0 saturated carbocycles. The van der Waals surface area contributed by atoms with E-state index in [1.807, 2.05) is 30.3 Å². The number of aromatic nitrogens is 3. The number of benzene rings is 1. The van der Waals surface area contributed by atoms with Crippen molar-refractivity contribution in [1.29, 1.82) is 0 Å². The molecule has 1 atom stereocenters. The maximum atomic E-state index is 11.2. The van der Waals surface area contributed by atoms with E-state index in [1.54, 1.807) is 0 Å². The lowest BCUT2D eigenvalue weighted by Gasteiger charge is -2.10. The van der Waals surface area contributed by atoms with Crippen LogP contribution in [0, 0.1) is 0 Å². The highest BCUT2D eigenvalue weighted by Gasteiger charge is 2.24. The van der Waals surface area contributed by atoms with E-state index in [2.05, 4.69) is 10.3 Å². The molecule has 1 aromatic heterocycles. The topological polar surface area (TPSA) is 105 Å². The molecule has 0 saturated heterocycles. The summed E-state index contributed by atoms with van der Waals surface area (Å²) < 4.78 is 1.16. The first kappa shape index (κ1) is 14.7. The number of carbonyl (C=O) groups is 2. The molecule has 0 aliphatic rings. The van der Waals surface area contributed by atoms with Gasteiger partial charge >= 0.3 is 11.9 Å². The molecule has 7 nitrogen and oxygen atoms in total. The predicted octanol–water partition coefficient (Wildman–Crippen LogP) is 1.41. The highest BCUT2D eigenvalue weighted by molar-refractivity contribution is 5.86. The van der Waals surface area contributed by atoms with Gasteiger partial charge in [-0.3, -0.25) is 0 Å². The van der Waals surface area contributed by atoms with Gasteiger partial charge in [0.15, 0.2) is 5.69 Å². The molecule has 0 spiro atoms. The van der Waals surface area contributed by atoms with Crippen molar-refractivity contribution in [3.05, 3.63) is 47.3 Å². The fraction of sp³-hybridized carbons (Fsp3) is 0.286. The first-order valence-electron chi connectivity index (χ1n) is 6.44. The van der Waals surface area contributed by atoms with Crippen LogP contribution in [-0.2, 0) is 17.6 Å². The van der Waals surface area contributed by atoms with Crippen molar-refractivity contribution in [1.82, 2.24) is 15.0 Å². The number of aryl methyl sites for hydroxylation is 1. The number of aliphatic carboxylic acids is 1. The predicted molar refractivity (Wildman–Crippen MR) is 73.2 cm³/mol. The van der Waals surface area contributed by atoms with Crippen molar-refractivity contribution in [2.45, 2.75) is 25.8 Å². The van der Waals surface area contributed by atoms with Gasteiger partial charge in [0, 0.05) is 0 Å². The molecular formula is C14H15N3O4. The van der Waals surface area contributed by atoms with Crippen molar-refractivity contribution in [2.24, 2.45) is 0 Å². The third-order valence-corrected chi connectivity index (χ3v) is 3.21. The lowest BCUT2D eigenvalue weighted by molar-refractivity contribution is -0.140. The number of nitrogens with zero attached hydrogens (tertiary/aromatic N) is 3. The Morgan fingerprint density at radius 1 is 1.19 bits per heavy atom. The van der Waals surface area contributed by atoms with E-state index < -0.39 is 18.0 Å². The minimum absolute atomic E-state index is 0.195. The third kappa shape index (κ3) is 3.25. The molecule has 1 aromatic carbocycles. The van der Waals surface area contributed by atoms with Gasteiger partial charge in [0.25, 0.3) is 0 Å². The Labute approximate surface area is 120 Å². The lowest BCUT2D eigenvalue weighted by Crippen LogP contribution is -2.20. The highest BCUT2D eigenvalue weighted by Crippen LogP contribution is 2.15. The number of hydrogen-bond donors (Lipinski definition) is 2. The Bertz CT molecular complexity index is 651. The number of rotatable bonds is 6. The van der Waals surface area contributed by atoms with E-state index in [-0.39, 0.29) is 5.69 Å². The molecule has 0 bridgehead atoms. The van der Waals surface area contributed by atoms with Crippen molar-refractivity contribution >= 4 is 11.9 Å². The Hall–Kier alpha value is -2.70. The maximum absolute atomic E-state index is 11.2.